The van der Waals surface area contributed by atoms with Crippen molar-refractivity contribution in [3.63, 3.8) is 0 Å². The molecule has 2 aliphatic heterocycles. The van der Waals surface area contributed by atoms with Gasteiger partial charge in [-0.2, -0.15) is 0 Å². The maximum absolute atomic E-state index is 12.0. The minimum absolute atomic E-state index is 0.159. The van der Waals surface area contributed by atoms with Crippen LogP contribution in [0.5, 0.6) is 0 Å². The first-order valence-electron chi connectivity index (χ1n) is 6.84. The van der Waals surface area contributed by atoms with Gasteiger partial charge < -0.3 is 5.32 Å². The molecule has 2 N–H and O–H groups in total. The van der Waals surface area contributed by atoms with E-state index in [-0.39, 0.29) is 12.1 Å². The first-order valence-corrected chi connectivity index (χ1v) is 7.66. The lowest BCUT2D eigenvalue weighted by Gasteiger charge is -2.32. The Morgan fingerprint density at radius 1 is 1.32 bits per heavy atom. The molecule has 2 saturated heterocycles. The predicted octanol–water partition coefficient (Wildman–Crippen LogP) is 1.59. The van der Waals surface area contributed by atoms with Crippen molar-refractivity contribution in [3.8, 4) is 0 Å². The Hall–Kier alpha value is -1.21. The van der Waals surface area contributed by atoms with Crippen LogP contribution < -0.4 is 10.6 Å². The van der Waals surface area contributed by atoms with Crippen molar-refractivity contribution in [2.24, 2.45) is 0 Å². The predicted molar refractivity (Wildman–Crippen MR) is 74.4 cm³/mol. The first kappa shape index (κ1) is 12.8. The number of nitrogens with zero attached hydrogens (tertiary/aromatic N) is 3. The monoisotopic (exact) mass is 281 g/mol. The van der Waals surface area contributed by atoms with Crippen LogP contribution in [-0.4, -0.2) is 46.3 Å². The zero-order valence-corrected chi connectivity index (χ0v) is 11.9. The van der Waals surface area contributed by atoms with Crippen LogP contribution in [0.2, 0.25) is 0 Å². The molecule has 104 valence electrons. The molecule has 3 heterocycles. The van der Waals surface area contributed by atoms with Crippen molar-refractivity contribution < 1.29 is 4.79 Å². The summed E-state index contributed by atoms with van der Waals surface area (Å²) in [6, 6.07) is 0.638. The van der Waals surface area contributed by atoms with Gasteiger partial charge in [-0.05, 0) is 32.7 Å². The van der Waals surface area contributed by atoms with E-state index >= 15 is 0 Å². The molecule has 6 nitrogen and oxygen atoms in total. The Kier molecular flexibility index (Phi) is 3.65. The second kappa shape index (κ2) is 5.42. The lowest BCUT2D eigenvalue weighted by molar-refractivity contribution is 0.180. The largest absolute Gasteiger partial charge is 0.333 e. The Morgan fingerprint density at radius 3 is 3.00 bits per heavy atom. The first-order chi connectivity index (χ1) is 9.22. The van der Waals surface area contributed by atoms with Crippen LogP contribution in [0.4, 0.5) is 9.93 Å². The number of amides is 2. The third-order valence-corrected chi connectivity index (χ3v) is 4.67. The number of aryl methyl sites for hydroxylation is 1. The van der Waals surface area contributed by atoms with E-state index in [1.165, 1.54) is 37.1 Å². The summed E-state index contributed by atoms with van der Waals surface area (Å²) in [4.78, 5) is 14.5. The van der Waals surface area contributed by atoms with Crippen LogP contribution in [0.1, 0.15) is 30.7 Å². The van der Waals surface area contributed by atoms with Gasteiger partial charge in [-0.15, -0.1) is 10.2 Å². The topological polar surface area (TPSA) is 70.1 Å². The van der Waals surface area contributed by atoms with E-state index in [1.807, 2.05) is 6.92 Å². The summed E-state index contributed by atoms with van der Waals surface area (Å²) < 4.78 is 0. The minimum atomic E-state index is -0.159. The van der Waals surface area contributed by atoms with E-state index in [0.717, 1.165) is 18.0 Å². The summed E-state index contributed by atoms with van der Waals surface area (Å²) in [6.07, 6.45) is 4.81. The van der Waals surface area contributed by atoms with E-state index in [9.17, 15) is 4.79 Å². The molecule has 1 aromatic rings. The molecule has 7 heteroatoms. The van der Waals surface area contributed by atoms with Gasteiger partial charge >= 0.3 is 6.03 Å². The maximum Gasteiger partial charge on any atom is 0.321 e. The number of carbonyl (C=O) groups excluding carboxylic acids is 1. The van der Waals surface area contributed by atoms with Crippen LogP contribution >= 0.6 is 11.3 Å². The summed E-state index contributed by atoms with van der Waals surface area (Å²) in [6.45, 7) is 4.16. The summed E-state index contributed by atoms with van der Waals surface area (Å²) in [5.41, 5.74) is 0. The number of rotatable bonds is 2. The average Bonchev–Trinajstić information content (AvgIpc) is 2.97. The van der Waals surface area contributed by atoms with Gasteiger partial charge in [0.2, 0.25) is 5.13 Å². The molecule has 0 spiro atoms. The second-order valence-corrected chi connectivity index (χ2v) is 6.40. The molecule has 2 aliphatic rings. The van der Waals surface area contributed by atoms with Crippen LogP contribution in [0, 0.1) is 6.92 Å². The maximum atomic E-state index is 12.0. The smallest absolute Gasteiger partial charge is 0.321 e. The lowest BCUT2D eigenvalue weighted by atomic mass is 9.99. The quantitative estimate of drug-likeness (QED) is 0.864. The highest BCUT2D eigenvalue weighted by Crippen LogP contribution is 2.27. The Morgan fingerprint density at radius 2 is 2.21 bits per heavy atom. The molecular weight excluding hydrogens is 262 g/mol. The summed E-state index contributed by atoms with van der Waals surface area (Å²) in [5.74, 6) is 0. The van der Waals surface area contributed by atoms with Crippen molar-refractivity contribution in [2.45, 2.75) is 44.7 Å². The molecule has 1 aromatic heterocycles. The van der Waals surface area contributed by atoms with Gasteiger partial charge in [0.15, 0.2) is 0 Å². The third kappa shape index (κ3) is 2.87. The third-order valence-electron chi connectivity index (χ3n) is 3.92. The van der Waals surface area contributed by atoms with E-state index in [1.54, 1.807) is 0 Å². The standard InChI is InChI=1S/C12H19N5OS/c1-8-15-16-12(19-8)14-11(18)13-9-5-7-17-6-3-2-4-10(9)17/h9-10H,2-7H2,1H3,(H2,13,14,16,18). The zero-order valence-electron chi connectivity index (χ0n) is 11.1. The van der Waals surface area contributed by atoms with Gasteiger partial charge in [0, 0.05) is 18.6 Å². The minimum Gasteiger partial charge on any atom is -0.333 e. The van der Waals surface area contributed by atoms with Crippen LogP contribution in [-0.2, 0) is 0 Å². The van der Waals surface area contributed by atoms with Crippen LogP contribution in [0.3, 0.4) is 0 Å². The van der Waals surface area contributed by atoms with Crippen molar-refractivity contribution in [1.29, 1.82) is 0 Å². The van der Waals surface area contributed by atoms with Gasteiger partial charge in [0.25, 0.3) is 0 Å². The molecule has 2 atom stereocenters. The Labute approximate surface area is 116 Å². The molecule has 3 rings (SSSR count). The fourth-order valence-corrected chi connectivity index (χ4v) is 3.65. The van der Waals surface area contributed by atoms with E-state index in [4.69, 9.17) is 0 Å². The van der Waals surface area contributed by atoms with Crippen LogP contribution in [0.15, 0.2) is 0 Å². The molecule has 19 heavy (non-hydrogen) atoms. The van der Waals surface area contributed by atoms with E-state index < -0.39 is 0 Å². The summed E-state index contributed by atoms with van der Waals surface area (Å²) >= 11 is 1.39. The number of nitrogens with one attached hydrogen (secondary N) is 2. The number of aromatic nitrogens is 2. The van der Waals surface area contributed by atoms with Gasteiger partial charge in [0.05, 0.1) is 0 Å². The normalized spacial score (nSPS) is 27.0. The number of carbonyl (C=O) groups is 1. The number of piperidine rings is 1. The lowest BCUT2D eigenvalue weighted by Crippen LogP contribution is -2.47. The van der Waals surface area contributed by atoms with Crippen molar-refractivity contribution in [2.75, 3.05) is 18.4 Å². The van der Waals surface area contributed by atoms with E-state index in [2.05, 4.69) is 25.7 Å². The van der Waals surface area contributed by atoms with Crippen LogP contribution in [0.25, 0.3) is 0 Å². The fourth-order valence-electron chi connectivity index (χ4n) is 3.06. The highest BCUT2D eigenvalue weighted by atomic mass is 32.1. The Balaban J connectivity index is 1.54. The van der Waals surface area contributed by atoms with Crippen molar-refractivity contribution >= 4 is 22.5 Å². The zero-order chi connectivity index (χ0) is 13.2. The van der Waals surface area contributed by atoms with Gasteiger partial charge in [0.1, 0.15) is 5.01 Å². The number of hydrogen-bond donors (Lipinski definition) is 2. The molecule has 0 aromatic carbocycles. The number of anilines is 1. The number of fused-ring (bicyclic) bond motifs is 1. The van der Waals surface area contributed by atoms with E-state index in [0.29, 0.717) is 11.2 Å². The molecule has 0 radical (unpaired) electrons. The highest BCUT2D eigenvalue weighted by Gasteiger charge is 2.36. The molecule has 2 unspecified atom stereocenters. The molecule has 0 aliphatic carbocycles. The van der Waals surface area contributed by atoms with Gasteiger partial charge in [-0.1, -0.05) is 17.8 Å². The SMILES string of the molecule is Cc1nnc(NC(=O)NC2CCN3CCCCC23)s1. The van der Waals surface area contributed by atoms with Crippen molar-refractivity contribution in [1.82, 2.24) is 20.4 Å². The van der Waals surface area contributed by atoms with Gasteiger partial charge in [-0.3, -0.25) is 10.2 Å². The summed E-state index contributed by atoms with van der Waals surface area (Å²) in [5, 5.41) is 15.0. The number of hydrogen-bond acceptors (Lipinski definition) is 5. The molecule has 0 saturated carbocycles. The van der Waals surface area contributed by atoms with Gasteiger partial charge in [-0.25, -0.2) is 4.79 Å². The number of urea groups is 1. The molecular formula is C12H19N5OS. The molecule has 0 bridgehead atoms. The molecule has 2 fully saturated rings. The average molecular weight is 281 g/mol. The molecule has 2 amide bonds. The Bertz CT molecular complexity index is 463. The van der Waals surface area contributed by atoms with Crippen molar-refractivity contribution in [3.05, 3.63) is 5.01 Å². The fraction of sp³-hybridized carbons (Fsp3) is 0.750. The second-order valence-electron chi connectivity index (χ2n) is 5.22. The summed E-state index contributed by atoms with van der Waals surface area (Å²) in [7, 11) is 0. The highest BCUT2D eigenvalue weighted by molar-refractivity contribution is 7.15.